The van der Waals surface area contributed by atoms with Crippen LogP contribution in [0.3, 0.4) is 0 Å². The molecule has 3 aromatic carbocycles. The van der Waals surface area contributed by atoms with Crippen LogP contribution in [0.2, 0.25) is 5.02 Å². The van der Waals surface area contributed by atoms with E-state index in [4.69, 9.17) is 17.3 Å². The zero-order valence-electron chi connectivity index (χ0n) is 20.2. The van der Waals surface area contributed by atoms with Crippen LogP contribution in [-0.2, 0) is 25.4 Å². The first-order valence-electron chi connectivity index (χ1n) is 11.5. The van der Waals surface area contributed by atoms with Crippen molar-refractivity contribution in [2.24, 2.45) is 5.73 Å². The van der Waals surface area contributed by atoms with Crippen LogP contribution >= 0.6 is 11.6 Å². The molecule has 0 saturated heterocycles. The summed E-state index contributed by atoms with van der Waals surface area (Å²) in [5.74, 6) is -1.26. The van der Waals surface area contributed by atoms with Gasteiger partial charge in [0.05, 0.1) is 29.8 Å². The summed E-state index contributed by atoms with van der Waals surface area (Å²) in [6.45, 7) is -1.40. The Bertz CT molecular complexity index is 1660. The van der Waals surface area contributed by atoms with Crippen LogP contribution in [0.15, 0.2) is 82.5 Å². The van der Waals surface area contributed by atoms with E-state index in [0.717, 1.165) is 24.4 Å². The van der Waals surface area contributed by atoms with Crippen molar-refractivity contribution in [3.8, 4) is 11.1 Å². The van der Waals surface area contributed by atoms with Gasteiger partial charge in [-0.1, -0.05) is 54.1 Å². The van der Waals surface area contributed by atoms with Gasteiger partial charge in [-0.2, -0.15) is 26.3 Å². The molecule has 0 radical (unpaired) electrons. The minimum atomic E-state index is -4.97. The van der Waals surface area contributed by atoms with E-state index >= 15 is 0 Å². The molecule has 40 heavy (non-hydrogen) atoms. The maximum atomic E-state index is 14.6. The van der Waals surface area contributed by atoms with E-state index in [0.29, 0.717) is 32.9 Å². The van der Waals surface area contributed by atoms with E-state index in [1.165, 1.54) is 0 Å². The molecule has 0 saturated carbocycles. The quantitative estimate of drug-likeness (QED) is 0.272. The predicted molar refractivity (Wildman–Crippen MR) is 134 cm³/mol. The fourth-order valence-electron chi connectivity index (χ4n) is 4.18. The fourth-order valence-corrected chi connectivity index (χ4v) is 4.46. The van der Waals surface area contributed by atoms with Crippen molar-refractivity contribution in [2.45, 2.75) is 31.5 Å². The van der Waals surface area contributed by atoms with Crippen molar-refractivity contribution in [1.29, 1.82) is 0 Å². The maximum absolute atomic E-state index is 14.6. The van der Waals surface area contributed by atoms with Gasteiger partial charge in [0.15, 0.2) is 0 Å². The van der Waals surface area contributed by atoms with E-state index in [2.05, 4.69) is 0 Å². The van der Waals surface area contributed by atoms with Gasteiger partial charge in [-0.05, 0) is 29.8 Å². The lowest BCUT2D eigenvalue weighted by molar-refractivity contribution is -0.139. The smallest absolute Gasteiger partial charge is 0.322 e. The molecular weight excluding hydrogens is 567 g/mol. The molecule has 0 aliphatic rings. The lowest BCUT2D eigenvalue weighted by Gasteiger charge is -2.19. The van der Waals surface area contributed by atoms with Gasteiger partial charge >= 0.3 is 18.0 Å². The Morgan fingerprint density at radius 3 is 2.12 bits per heavy atom. The van der Waals surface area contributed by atoms with E-state index in [9.17, 15) is 40.3 Å². The Hall–Kier alpha value is -3.90. The first kappa shape index (κ1) is 29.1. The summed E-state index contributed by atoms with van der Waals surface area (Å²) in [6, 6.07) is 11.8. The molecule has 0 spiro atoms. The average Bonchev–Trinajstić information content (AvgIpc) is 2.88. The van der Waals surface area contributed by atoms with Gasteiger partial charge in [-0.25, -0.2) is 9.18 Å². The molecule has 0 amide bonds. The second-order valence-electron chi connectivity index (χ2n) is 8.84. The molecule has 13 heteroatoms. The van der Waals surface area contributed by atoms with Gasteiger partial charge < -0.3 is 5.73 Å². The summed E-state index contributed by atoms with van der Waals surface area (Å²) in [7, 11) is 0. The van der Waals surface area contributed by atoms with Crippen molar-refractivity contribution in [2.75, 3.05) is 0 Å². The van der Waals surface area contributed by atoms with Crippen molar-refractivity contribution in [3.63, 3.8) is 0 Å². The van der Waals surface area contributed by atoms with Crippen LogP contribution in [0.1, 0.15) is 28.3 Å². The molecule has 0 unspecified atom stereocenters. The number of benzene rings is 3. The largest absolute Gasteiger partial charge is 0.416 e. The van der Waals surface area contributed by atoms with E-state index in [-0.39, 0.29) is 5.56 Å². The number of hydrogen-bond donors (Lipinski definition) is 1. The third kappa shape index (κ3) is 5.97. The Morgan fingerprint density at radius 2 is 1.52 bits per heavy atom. The summed E-state index contributed by atoms with van der Waals surface area (Å²) >= 11 is 6.09. The summed E-state index contributed by atoms with van der Waals surface area (Å²) in [6.07, 6.45) is -8.87. The van der Waals surface area contributed by atoms with Crippen LogP contribution in [0, 0.1) is 5.82 Å². The zero-order valence-corrected chi connectivity index (χ0v) is 21.0. The Balaban J connectivity index is 1.93. The van der Waals surface area contributed by atoms with Gasteiger partial charge in [-0.3, -0.25) is 13.9 Å². The fraction of sp³-hybridized carbons (Fsp3) is 0.185. The number of hydrogen-bond acceptors (Lipinski definition) is 3. The van der Waals surface area contributed by atoms with Crippen molar-refractivity contribution >= 4 is 11.6 Å². The third-order valence-corrected chi connectivity index (χ3v) is 6.50. The van der Waals surface area contributed by atoms with Crippen molar-refractivity contribution in [1.82, 2.24) is 9.13 Å². The summed E-state index contributed by atoms with van der Waals surface area (Å²) in [4.78, 5) is 26.8. The van der Waals surface area contributed by atoms with Gasteiger partial charge in [0.2, 0.25) is 0 Å². The molecule has 210 valence electrons. The summed E-state index contributed by atoms with van der Waals surface area (Å²) in [5.41, 5.74) is 0.652. The van der Waals surface area contributed by atoms with E-state index in [1.807, 2.05) is 0 Å². The predicted octanol–water partition coefficient (Wildman–Crippen LogP) is 6.26. The standard InChI is InChI=1S/C27H19ClF7N3O2/c28-21-11-16(26(30,31)32)9-10-17(21)18-12-37(13-19-20(27(33,34)35)7-4-8-22(19)29)25(40)38(24(18)39)14-23(36)15-5-2-1-3-6-15/h1-12,23H,13-14,36H2/t23-/m0/s1. The summed E-state index contributed by atoms with van der Waals surface area (Å²) < 4.78 is 96.3. The molecule has 1 heterocycles. The Labute approximate surface area is 226 Å². The Morgan fingerprint density at radius 1 is 0.850 bits per heavy atom. The van der Waals surface area contributed by atoms with Crippen LogP contribution in [0.4, 0.5) is 30.7 Å². The molecule has 0 bridgehead atoms. The SMILES string of the molecule is N[C@@H](Cn1c(=O)c(-c2ccc(C(F)(F)F)cc2Cl)cn(Cc2c(F)cccc2C(F)(F)F)c1=O)c1ccccc1. The molecule has 4 aromatic rings. The van der Waals surface area contributed by atoms with Gasteiger partial charge in [0.25, 0.3) is 5.56 Å². The van der Waals surface area contributed by atoms with E-state index in [1.54, 1.807) is 30.3 Å². The average molecular weight is 586 g/mol. The van der Waals surface area contributed by atoms with Crippen molar-refractivity contribution in [3.05, 3.63) is 127 Å². The first-order valence-corrected chi connectivity index (χ1v) is 11.9. The molecule has 0 aliphatic heterocycles. The van der Waals surface area contributed by atoms with E-state index < -0.39 is 75.8 Å². The lowest BCUT2D eigenvalue weighted by atomic mass is 10.0. The molecule has 5 nitrogen and oxygen atoms in total. The summed E-state index contributed by atoms with van der Waals surface area (Å²) in [5, 5.41) is -0.502. The van der Waals surface area contributed by atoms with Crippen LogP contribution < -0.4 is 17.0 Å². The van der Waals surface area contributed by atoms with Gasteiger partial charge in [-0.15, -0.1) is 0 Å². The third-order valence-electron chi connectivity index (χ3n) is 6.18. The van der Waals surface area contributed by atoms with Gasteiger partial charge in [0.1, 0.15) is 5.82 Å². The molecule has 2 N–H and O–H groups in total. The molecule has 1 atom stereocenters. The second kappa shape index (κ2) is 10.9. The monoisotopic (exact) mass is 585 g/mol. The number of aromatic nitrogens is 2. The number of rotatable bonds is 6. The molecule has 1 aromatic heterocycles. The maximum Gasteiger partial charge on any atom is 0.416 e. The highest BCUT2D eigenvalue weighted by Crippen LogP contribution is 2.36. The van der Waals surface area contributed by atoms with Crippen LogP contribution in [0.5, 0.6) is 0 Å². The minimum absolute atomic E-state index is 0.222. The highest BCUT2D eigenvalue weighted by molar-refractivity contribution is 6.33. The second-order valence-corrected chi connectivity index (χ2v) is 9.25. The first-order chi connectivity index (χ1) is 18.7. The number of nitrogens with zero attached hydrogens (tertiary/aromatic N) is 2. The minimum Gasteiger partial charge on any atom is -0.322 e. The number of halogens is 8. The molecular formula is C27H19ClF7N3O2. The normalized spacial score (nSPS) is 12.9. The van der Waals surface area contributed by atoms with Gasteiger partial charge in [0, 0.05) is 28.4 Å². The Kier molecular flexibility index (Phi) is 7.95. The van der Waals surface area contributed by atoms with Crippen LogP contribution in [-0.4, -0.2) is 9.13 Å². The molecule has 4 rings (SSSR count). The topological polar surface area (TPSA) is 70.0 Å². The van der Waals surface area contributed by atoms with Crippen molar-refractivity contribution < 1.29 is 30.7 Å². The lowest BCUT2D eigenvalue weighted by Crippen LogP contribution is -2.43. The highest BCUT2D eigenvalue weighted by Gasteiger charge is 2.35. The highest BCUT2D eigenvalue weighted by atomic mass is 35.5. The number of nitrogens with two attached hydrogens (primary N) is 1. The molecule has 0 aliphatic carbocycles. The number of alkyl halides is 6. The van der Waals surface area contributed by atoms with Crippen LogP contribution in [0.25, 0.3) is 11.1 Å². The zero-order chi connectivity index (χ0) is 29.4. The molecule has 0 fully saturated rings.